The number of ether oxygens (including phenoxy) is 1. The predicted molar refractivity (Wildman–Crippen MR) is 98.1 cm³/mol. The van der Waals surface area contributed by atoms with Crippen LogP contribution in [0.4, 0.5) is 11.4 Å². The van der Waals surface area contributed by atoms with Crippen LogP contribution in [0.1, 0.15) is 36.5 Å². The maximum atomic E-state index is 12.4. The maximum absolute atomic E-state index is 12.4. The number of carbonyl (C=O) groups excluding carboxylic acids is 1. The zero-order valence-electron chi connectivity index (χ0n) is 14.1. The summed E-state index contributed by atoms with van der Waals surface area (Å²) in [7, 11) is 0. The van der Waals surface area contributed by atoms with Crippen LogP contribution in [0.2, 0.25) is 0 Å². The highest BCUT2D eigenvalue weighted by molar-refractivity contribution is 6.04. The second-order valence-corrected chi connectivity index (χ2v) is 6.01. The average molecular weight is 324 g/mol. The first-order valence-corrected chi connectivity index (χ1v) is 8.65. The number of anilines is 2. The topological polar surface area (TPSA) is 41.6 Å². The number of hydrogen-bond donors (Lipinski definition) is 1. The molecule has 1 aliphatic heterocycles. The number of nitrogens with one attached hydrogen (secondary N) is 1. The predicted octanol–water partition coefficient (Wildman–Crippen LogP) is 4.33. The summed E-state index contributed by atoms with van der Waals surface area (Å²) >= 11 is 0. The van der Waals surface area contributed by atoms with E-state index in [1.807, 2.05) is 55.5 Å². The molecule has 1 heterocycles. The van der Waals surface area contributed by atoms with Crippen molar-refractivity contribution in [1.29, 1.82) is 0 Å². The molecule has 24 heavy (non-hydrogen) atoms. The highest BCUT2D eigenvalue weighted by atomic mass is 16.5. The number of rotatable bonds is 5. The fourth-order valence-corrected chi connectivity index (χ4v) is 2.98. The van der Waals surface area contributed by atoms with Gasteiger partial charge in [0.15, 0.2) is 0 Å². The molecule has 2 aromatic carbocycles. The van der Waals surface area contributed by atoms with Crippen molar-refractivity contribution < 1.29 is 9.53 Å². The minimum atomic E-state index is -0.0932. The molecule has 0 spiro atoms. The summed E-state index contributed by atoms with van der Waals surface area (Å²) in [6.45, 7) is 4.80. The SMILES string of the molecule is CCOc1ccc(NC(=O)c2ccc(N3CCCCC3)cc2)cc1. The third-order valence-electron chi connectivity index (χ3n) is 4.27. The molecule has 0 radical (unpaired) electrons. The lowest BCUT2D eigenvalue weighted by Gasteiger charge is -2.28. The van der Waals surface area contributed by atoms with E-state index in [1.54, 1.807) is 0 Å². The van der Waals surface area contributed by atoms with Crippen LogP contribution < -0.4 is 15.0 Å². The number of benzene rings is 2. The molecule has 4 heteroatoms. The number of piperidine rings is 1. The Morgan fingerprint density at radius 3 is 2.29 bits per heavy atom. The number of amides is 1. The molecule has 126 valence electrons. The van der Waals surface area contributed by atoms with Crippen molar-refractivity contribution in [3.8, 4) is 5.75 Å². The van der Waals surface area contributed by atoms with E-state index in [4.69, 9.17) is 4.74 Å². The maximum Gasteiger partial charge on any atom is 0.255 e. The molecular formula is C20H24N2O2. The summed E-state index contributed by atoms with van der Waals surface area (Å²) in [6.07, 6.45) is 3.82. The third kappa shape index (κ3) is 4.07. The average Bonchev–Trinajstić information content (AvgIpc) is 2.64. The third-order valence-corrected chi connectivity index (χ3v) is 4.27. The first-order chi connectivity index (χ1) is 11.8. The summed E-state index contributed by atoms with van der Waals surface area (Å²) in [6, 6.07) is 15.3. The summed E-state index contributed by atoms with van der Waals surface area (Å²) in [5.41, 5.74) is 2.64. The summed E-state index contributed by atoms with van der Waals surface area (Å²) in [4.78, 5) is 14.7. The van der Waals surface area contributed by atoms with Gasteiger partial charge in [-0.25, -0.2) is 0 Å². The van der Waals surface area contributed by atoms with Gasteiger partial charge in [-0.2, -0.15) is 0 Å². The molecule has 4 nitrogen and oxygen atoms in total. The summed E-state index contributed by atoms with van der Waals surface area (Å²) in [5, 5.41) is 2.92. The first kappa shape index (κ1) is 16.4. The minimum absolute atomic E-state index is 0.0932. The summed E-state index contributed by atoms with van der Waals surface area (Å²) in [5.74, 6) is 0.714. The van der Waals surface area contributed by atoms with Crippen LogP contribution in [0.5, 0.6) is 5.75 Å². The van der Waals surface area contributed by atoms with E-state index < -0.39 is 0 Å². The van der Waals surface area contributed by atoms with Gasteiger partial charge < -0.3 is 15.0 Å². The highest BCUT2D eigenvalue weighted by Crippen LogP contribution is 2.21. The minimum Gasteiger partial charge on any atom is -0.494 e. The van der Waals surface area contributed by atoms with Gasteiger partial charge in [-0.15, -0.1) is 0 Å². The Kier molecular flexibility index (Phi) is 5.36. The molecule has 1 saturated heterocycles. The Balaban J connectivity index is 1.62. The van der Waals surface area contributed by atoms with E-state index in [0.29, 0.717) is 12.2 Å². The molecule has 0 saturated carbocycles. The van der Waals surface area contributed by atoms with Crippen molar-refractivity contribution in [2.45, 2.75) is 26.2 Å². The lowest BCUT2D eigenvalue weighted by Crippen LogP contribution is -2.29. The van der Waals surface area contributed by atoms with Crippen LogP contribution >= 0.6 is 0 Å². The van der Waals surface area contributed by atoms with Gasteiger partial charge in [-0.3, -0.25) is 4.79 Å². The Hall–Kier alpha value is -2.49. The van der Waals surface area contributed by atoms with Crippen molar-refractivity contribution in [1.82, 2.24) is 0 Å². The van der Waals surface area contributed by atoms with Gasteiger partial charge in [0, 0.05) is 30.0 Å². The largest absolute Gasteiger partial charge is 0.494 e. The van der Waals surface area contributed by atoms with E-state index in [1.165, 1.54) is 24.9 Å². The molecular weight excluding hydrogens is 300 g/mol. The monoisotopic (exact) mass is 324 g/mol. The first-order valence-electron chi connectivity index (χ1n) is 8.65. The fraction of sp³-hybridized carbons (Fsp3) is 0.350. The standard InChI is InChI=1S/C20H24N2O2/c1-2-24-19-12-8-17(9-13-19)21-20(23)16-6-10-18(11-7-16)22-14-4-3-5-15-22/h6-13H,2-5,14-15H2,1H3,(H,21,23). The zero-order chi connectivity index (χ0) is 16.8. The Labute approximate surface area is 143 Å². The molecule has 1 aliphatic rings. The normalized spacial score (nSPS) is 14.3. The molecule has 0 atom stereocenters. The van der Waals surface area contributed by atoms with Gasteiger partial charge in [-0.1, -0.05) is 0 Å². The van der Waals surface area contributed by atoms with Crippen LogP contribution in [0.15, 0.2) is 48.5 Å². The van der Waals surface area contributed by atoms with E-state index in [2.05, 4.69) is 10.2 Å². The summed E-state index contributed by atoms with van der Waals surface area (Å²) < 4.78 is 5.40. The van der Waals surface area contributed by atoms with E-state index in [-0.39, 0.29) is 5.91 Å². The van der Waals surface area contributed by atoms with Gasteiger partial charge in [-0.05, 0) is 74.7 Å². The van der Waals surface area contributed by atoms with Crippen LogP contribution in [-0.2, 0) is 0 Å². The van der Waals surface area contributed by atoms with E-state index >= 15 is 0 Å². The van der Waals surface area contributed by atoms with Gasteiger partial charge >= 0.3 is 0 Å². The second kappa shape index (κ2) is 7.86. The van der Waals surface area contributed by atoms with Gasteiger partial charge in [0.1, 0.15) is 5.75 Å². The lowest BCUT2D eigenvalue weighted by molar-refractivity contribution is 0.102. The molecule has 1 N–H and O–H groups in total. The Morgan fingerprint density at radius 1 is 1.00 bits per heavy atom. The smallest absolute Gasteiger partial charge is 0.255 e. The Bertz CT molecular complexity index is 659. The van der Waals surface area contributed by atoms with E-state index in [0.717, 1.165) is 24.5 Å². The molecule has 2 aromatic rings. The van der Waals surface area contributed by atoms with Crippen molar-refractivity contribution in [3.63, 3.8) is 0 Å². The molecule has 0 aliphatic carbocycles. The molecule has 0 bridgehead atoms. The quantitative estimate of drug-likeness (QED) is 0.890. The zero-order valence-corrected chi connectivity index (χ0v) is 14.1. The Morgan fingerprint density at radius 2 is 1.67 bits per heavy atom. The van der Waals surface area contributed by atoms with Gasteiger partial charge in [0.2, 0.25) is 0 Å². The molecule has 1 amide bonds. The number of nitrogens with zero attached hydrogens (tertiary/aromatic N) is 1. The van der Waals surface area contributed by atoms with Gasteiger partial charge in [0.05, 0.1) is 6.61 Å². The van der Waals surface area contributed by atoms with Crippen LogP contribution in [-0.4, -0.2) is 25.6 Å². The van der Waals surface area contributed by atoms with Crippen molar-refractivity contribution in [3.05, 3.63) is 54.1 Å². The lowest BCUT2D eigenvalue weighted by atomic mass is 10.1. The highest BCUT2D eigenvalue weighted by Gasteiger charge is 2.12. The fourth-order valence-electron chi connectivity index (χ4n) is 2.98. The van der Waals surface area contributed by atoms with Gasteiger partial charge in [0.25, 0.3) is 5.91 Å². The van der Waals surface area contributed by atoms with Crippen LogP contribution in [0, 0.1) is 0 Å². The van der Waals surface area contributed by atoms with Crippen molar-refractivity contribution in [2.24, 2.45) is 0 Å². The van der Waals surface area contributed by atoms with Crippen molar-refractivity contribution >= 4 is 17.3 Å². The van der Waals surface area contributed by atoms with Crippen LogP contribution in [0.3, 0.4) is 0 Å². The second-order valence-electron chi connectivity index (χ2n) is 6.01. The number of hydrogen-bond acceptors (Lipinski definition) is 3. The molecule has 0 unspecified atom stereocenters. The number of carbonyl (C=O) groups is 1. The van der Waals surface area contributed by atoms with E-state index in [9.17, 15) is 4.79 Å². The molecule has 1 fully saturated rings. The van der Waals surface area contributed by atoms with Crippen LogP contribution in [0.25, 0.3) is 0 Å². The molecule has 0 aromatic heterocycles. The van der Waals surface area contributed by atoms with Crippen molar-refractivity contribution in [2.75, 3.05) is 29.9 Å². The molecule has 3 rings (SSSR count).